The zero-order valence-electron chi connectivity index (χ0n) is 19.6. The molecule has 0 fully saturated rings. The molecule has 0 unspecified atom stereocenters. The van der Waals surface area contributed by atoms with Gasteiger partial charge in [-0.25, -0.2) is 9.97 Å². The average Bonchev–Trinajstić information content (AvgIpc) is 2.85. The predicted octanol–water partition coefficient (Wildman–Crippen LogP) is 1.20. The van der Waals surface area contributed by atoms with E-state index >= 15 is 0 Å². The van der Waals surface area contributed by atoms with Crippen LogP contribution >= 0.6 is 0 Å². The Morgan fingerprint density at radius 3 is 2.41 bits per heavy atom. The van der Waals surface area contributed by atoms with Crippen LogP contribution in [0.3, 0.4) is 0 Å². The van der Waals surface area contributed by atoms with Crippen molar-refractivity contribution in [2.24, 2.45) is 5.92 Å². The molecule has 3 rings (SSSR count). The Labute approximate surface area is 206 Å². The van der Waals surface area contributed by atoms with Crippen LogP contribution in [0, 0.1) is 5.92 Å². The molecule has 16 heteroatoms. The maximum absolute atomic E-state index is 13.3. The summed E-state index contributed by atoms with van der Waals surface area (Å²) in [6.07, 6.45) is -4.18. The average molecular weight is 522 g/mol. The number of fused-ring (bicyclic) bond motifs is 1. The van der Waals surface area contributed by atoms with Gasteiger partial charge in [0.05, 0.1) is 25.5 Å². The second-order valence-electron chi connectivity index (χ2n) is 7.79. The Morgan fingerprint density at radius 1 is 1.14 bits per heavy atom. The zero-order chi connectivity index (χ0) is 27.3. The molecular weight excluding hydrogens is 501 g/mol. The SMILES string of the molecule is CONNC(=O)c1ccc(N(Cc2cnc3nc(NC(=O)C(C)C)[nH]c(=O)c3n2)C(=O)C(F)(F)F)cc1. The van der Waals surface area contributed by atoms with Crippen molar-refractivity contribution < 1.29 is 32.4 Å². The molecule has 0 aliphatic rings. The number of benzene rings is 1. The second-order valence-corrected chi connectivity index (χ2v) is 7.79. The minimum Gasteiger partial charge on any atom is -0.299 e. The van der Waals surface area contributed by atoms with Crippen molar-refractivity contribution in [1.82, 2.24) is 31.0 Å². The highest BCUT2D eigenvalue weighted by molar-refractivity contribution is 5.98. The highest BCUT2D eigenvalue weighted by Gasteiger charge is 2.43. The molecule has 0 bridgehead atoms. The molecule has 2 heterocycles. The van der Waals surface area contributed by atoms with Crippen molar-refractivity contribution in [3.8, 4) is 0 Å². The number of hydrogen-bond acceptors (Lipinski definition) is 9. The quantitative estimate of drug-likeness (QED) is 0.317. The summed E-state index contributed by atoms with van der Waals surface area (Å²) in [5, 5.41) is 2.41. The molecule has 4 N–H and O–H groups in total. The van der Waals surface area contributed by atoms with E-state index in [1.807, 2.05) is 0 Å². The number of hydrogen-bond donors (Lipinski definition) is 4. The Morgan fingerprint density at radius 2 is 1.81 bits per heavy atom. The van der Waals surface area contributed by atoms with E-state index in [4.69, 9.17) is 0 Å². The van der Waals surface area contributed by atoms with Crippen LogP contribution in [0.15, 0.2) is 35.3 Å². The summed E-state index contributed by atoms with van der Waals surface area (Å²) in [6, 6.07) is 4.68. The minimum absolute atomic E-state index is 0.0659. The fourth-order valence-corrected chi connectivity index (χ4v) is 2.91. The second kappa shape index (κ2) is 11.1. The first kappa shape index (κ1) is 27.2. The number of hydrazine groups is 1. The van der Waals surface area contributed by atoms with Crippen LogP contribution in [0.2, 0.25) is 0 Å². The summed E-state index contributed by atoms with van der Waals surface area (Å²) < 4.78 is 40.0. The van der Waals surface area contributed by atoms with Crippen LogP contribution < -0.4 is 26.8 Å². The van der Waals surface area contributed by atoms with Crippen LogP contribution in [0.1, 0.15) is 29.9 Å². The smallest absolute Gasteiger partial charge is 0.299 e. The molecule has 0 spiro atoms. The van der Waals surface area contributed by atoms with E-state index in [0.29, 0.717) is 4.90 Å². The summed E-state index contributed by atoms with van der Waals surface area (Å²) in [6.45, 7) is 2.56. The lowest BCUT2D eigenvalue weighted by Crippen LogP contribution is -2.41. The van der Waals surface area contributed by atoms with Gasteiger partial charge in [0, 0.05) is 17.2 Å². The van der Waals surface area contributed by atoms with Crippen molar-refractivity contribution >= 4 is 40.5 Å². The molecule has 0 aliphatic heterocycles. The van der Waals surface area contributed by atoms with Gasteiger partial charge in [0.25, 0.3) is 11.5 Å². The molecule has 0 aliphatic carbocycles. The third-order valence-corrected chi connectivity index (χ3v) is 4.75. The molecule has 3 amide bonds. The lowest BCUT2D eigenvalue weighted by Gasteiger charge is -2.23. The number of rotatable bonds is 8. The number of aromatic nitrogens is 4. The lowest BCUT2D eigenvalue weighted by molar-refractivity contribution is -0.170. The van der Waals surface area contributed by atoms with Gasteiger partial charge in [-0.15, -0.1) is 5.59 Å². The molecule has 0 saturated heterocycles. The maximum atomic E-state index is 13.3. The normalized spacial score (nSPS) is 11.4. The maximum Gasteiger partial charge on any atom is 0.471 e. The Bertz CT molecular complexity index is 1380. The summed E-state index contributed by atoms with van der Waals surface area (Å²) in [7, 11) is 1.26. The molecule has 1 aromatic carbocycles. The van der Waals surface area contributed by atoms with Gasteiger partial charge in [-0.3, -0.25) is 44.6 Å². The van der Waals surface area contributed by atoms with Crippen LogP contribution in [0.4, 0.5) is 24.8 Å². The summed E-state index contributed by atoms with van der Waals surface area (Å²) in [4.78, 5) is 67.6. The number of aromatic amines is 1. The number of alkyl halides is 3. The summed E-state index contributed by atoms with van der Waals surface area (Å²) in [5.41, 5.74) is 2.73. The highest BCUT2D eigenvalue weighted by atomic mass is 19.4. The lowest BCUT2D eigenvalue weighted by atomic mass is 10.1. The number of anilines is 2. The summed E-state index contributed by atoms with van der Waals surface area (Å²) >= 11 is 0. The largest absolute Gasteiger partial charge is 0.471 e. The zero-order valence-corrected chi connectivity index (χ0v) is 19.6. The fraction of sp³-hybridized carbons (Fsp3) is 0.286. The van der Waals surface area contributed by atoms with Gasteiger partial charge in [0.1, 0.15) is 0 Å². The van der Waals surface area contributed by atoms with Gasteiger partial charge in [-0.2, -0.15) is 18.2 Å². The third kappa shape index (κ3) is 6.62. The van der Waals surface area contributed by atoms with E-state index in [1.54, 1.807) is 13.8 Å². The monoisotopic (exact) mass is 522 g/mol. The first-order valence-corrected chi connectivity index (χ1v) is 10.5. The fourth-order valence-electron chi connectivity index (χ4n) is 2.91. The summed E-state index contributed by atoms with van der Waals surface area (Å²) in [5.74, 6) is -3.81. The molecule has 3 aromatic rings. The Hall–Kier alpha value is -4.44. The number of amides is 3. The molecule has 2 aromatic heterocycles. The van der Waals surface area contributed by atoms with E-state index in [1.165, 1.54) is 19.2 Å². The van der Waals surface area contributed by atoms with Crippen molar-refractivity contribution in [3.63, 3.8) is 0 Å². The first-order chi connectivity index (χ1) is 17.4. The number of nitrogens with zero attached hydrogens (tertiary/aromatic N) is 4. The molecule has 0 saturated carbocycles. The van der Waals surface area contributed by atoms with Gasteiger partial charge in [-0.1, -0.05) is 13.8 Å². The Balaban J connectivity index is 1.93. The number of halogens is 3. The molecule has 196 valence electrons. The van der Waals surface area contributed by atoms with Crippen LogP contribution in [-0.4, -0.2) is 50.9 Å². The first-order valence-electron chi connectivity index (χ1n) is 10.5. The van der Waals surface area contributed by atoms with E-state index in [-0.39, 0.29) is 34.1 Å². The molecule has 13 nitrogen and oxygen atoms in total. The van der Waals surface area contributed by atoms with Crippen molar-refractivity contribution in [2.75, 3.05) is 17.3 Å². The molecular formula is C21H21F3N8O5. The van der Waals surface area contributed by atoms with Crippen LogP contribution in [0.5, 0.6) is 0 Å². The molecule has 37 heavy (non-hydrogen) atoms. The van der Waals surface area contributed by atoms with Crippen LogP contribution in [0.25, 0.3) is 11.2 Å². The van der Waals surface area contributed by atoms with Gasteiger partial charge in [-0.05, 0) is 24.3 Å². The standard InChI is InChI=1S/C21H21F3N8O5/c1-10(2)16(33)28-20-27-15-14(18(35)29-20)26-12(8-25-15)9-32(19(36)21(22,23)24)13-6-4-11(5-7-13)17(34)30-31-37-3/h4-8,10,31H,9H2,1-3H3,(H,30,34)(H2,25,27,28,29,33,35). The van der Waals surface area contributed by atoms with Gasteiger partial charge in [0.15, 0.2) is 11.2 Å². The van der Waals surface area contributed by atoms with Crippen molar-refractivity contribution in [2.45, 2.75) is 26.6 Å². The number of carbonyl (C=O) groups excluding carboxylic acids is 3. The minimum atomic E-state index is -5.23. The highest BCUT2D eigenvalue weighted by Crippen LogP contribution is 2.26. The Kier molecular flexibility index (Phi) is 8.14. The van der Waals surface area contributed by atoms with E-state index in [2.05, 4.69) is 41.1 Å². The van der Waals surface area contributed by atoms with Gasteiger partial charge >= 0.3 is 12.1 Å². The number of carbonyl (C=O) groups is 3. The van der Waals surface area contributed by atoms with Crippen LogP contribution in [-0.2, 0) is 21.0 Å². The number of H-pyrrole nitrogens is 1. The van der Waals surface area contributed by atoms with E-state index in [0.717, 1.165) is 18.3 Å². The van der Waals surface area contributed by atoms with E-state index < -0.39 is 41.9 Å². The van der Waals surface area contributed by atoms with Crippen molar-refractivity contribution in [1.29, 1.82) is 0 Å². The molecule has 0 radical (unpaired) electrons. The van der Waals surface area contributed by atoms with Crippen molar-refractivity contribution in [3.05, 3.63) is 52.1 Å². The topological polar surface area (TPSA) is 171 Å². The number of nitrogens with one attached hydrogen (secondary N) is 4. The predicted molar refractivity (Wildman–Crippen MR) is 123 cm³/mol. The van der Waals surface area contributed by atoms with E-state index in [9.17, 15) is 32.3 Å². The van der Waals surface area contributed by atoms with Gasteiger partial charge in [0.2, 0.25) is 11.9 Å². The molecule has 0 atom stereocenters. The third-order valence-electron chi connectivity index (χ3n) is 4.75. The van der Waals surface area contributed by atoms with Gasteiger partial charge < -0.3 is 0 Å².